The zero-order valence-corrected chi connectivity index (χ0v) is 71.1. The molecule has 5 amide bonds. The Balaban J connectivity index is -0.000000107. The van der Waals surface area contributed by atoms with E-state index in [9.17, 15) is 28.4 Å². The molecule has 0 unspecified atom stereocenters. The minimum Gasteiger partial charge on any atom is -0.397 e. The van der Waals surface area contributed by atoms with Crippen molar-refractivity contribution in [3.05, 3.63) is 179 Å². The summed E-state index contributed by atoms with van der Waals surface area (Å²) in [4.78, 5) is 59.4. The summed E-state index contributed by atoms with van der Waals surface area (Å²) in [5.41, 5.74) is 5.76. The summed E-state index contributed by atoms with van der Waals surface area (Å²) >= 11 is 53.7. The Morgan fingerprint density at radius 2 is 0.413 bits per heavy atom. The Morgan fingerprint density at radius 3 is 0.510 bits per heavy atom. The third-order valence-corrected chi connectivity index (χ3v) is 11.4. The van der Waals surface area contributed by atoms with Crippen LogP contribution >= 0.6 is 131 Å². The van der Waals surface area contributed by atoms with Crippen molar-refractivity contribution in [2.24, 2.45) is 0 Å². The van der Waals surface area contributed by atoms with Gasteiger partial charge >= 0.3 is 0 Å². The molecule has 5 rings (SSSR count). The molecule has 0 radical (unpaired) electrons. The molecule has 5 aromatic carbocycles. The number of aliphatic hydroxyl groups excluding tert-OH is 2. The number of hydrogen-bond donors (Lipinski definition) is 7. The van der Waals surface area contributed by atoms with Crippen LogP contribution in [0.25, 0.3) is 0 Å². The molecule has 7 N–H and O–H groups in total. The molecule has 12 nitrogen and oxygen atoms in total. The van der Waals surface area contributed by atoms with Crippen LogP contribution < -0.4 is 26.6 Å². The van der Waals surface area contributed by atoms with Gasteiger partial charge in [-0.05, 0) is 41.7 Å². The second kappa shape index (κ2) is 107. The van der Waals surface area contributed by atoms with E-state index < -0.39 is 0 Å². The summed E-state index contributed by atoms with van der Waals surface area (Å²) in [6.45, 7) is 13.9. The van der Waals surface area contributed by atoms with Crippen molar-refractivity contribution in [2.45, 2.75) is 106 Å². The second-order valence-electron chi connectivity index (χ2n) is 17.4. The molecule has 0 saturated heterocycles. The molecule has 0 atom stereocenters. The van der Waals surface area contributed by atoms with Gasteiger partial charge in [0.25, 0.3) is 0 Å². The number of amides is 5. The Kier molecular flexibility index (Phi) is 125. The van der Waals surface area contributed by atoms with Crippen LogP contribution in [0.15, 0.2) is 152 Å². The zero-order chi connectivity index (χ0) is 82.4. The van der Waals surface area contributed by atoms with Crippen LogP contribution in [-0.4, -0.2) is 155 Å². The number of rotatable bonds is 25. The molecule has 104 heavy (non-hydrogen) atoms. The number of aliphatic hydroxyl groups is 2. The Morgan fingerprint density at radius 1 is 0.308 bits per heavy atom. The number of alkyl halides is 7. The highest BCUT2D eigenvalue weighted by Gasteiger charge is 2.07. The van der Waals surface area contributed by atoms with E-state index in [4.69, 9.17) is 103 Å². The normalized spacial score (nSPS) is 7.93. The van der Waals surface area contributed by atoms with Crippen LogP contribution in [-0.2, 0) is 56.1 Å². The van der Waals surface area contributed by atoms with E-state index in [0.717, 1.165) is 52.1 Å². The summed E-state index contributed by atoms with van der Waals surface area (Å²) in [5, 5.41) is 28.5. The standard InChI is InChI=1S/5C13H13NOS.2C2H6O.2C2H6.6CH3Cl.CH3F/c5*1-2-6-13(15)14-10-12(16)9-11-7-4-3-5-8-11;2*1-2-3;9*1-2/h5*1,3-5,7-8H,6,9-10H2,(H,14,15);2*3H,2H2,1H3;2*1-2H3;7*1H3. The Hall–Kier alpha value is -6.71. The zero-order valence-electron chi connectivity index (χ0n) is 62.5. The fraction of sp³-hybridized carbons (Fsp3) is 0.375. The van der Waals surface area contributed by atoms with Crippen LogP contribution in [0.3, 0.4) is 0 Å². The first-order valence-corrected chi connectivity index (χ1v) is 38.2. The van der Waals surface area contributed by atoms with Crippen molar-refractivity contribution in [1.82, 2.24) is 26.6 Å². The Labute approximate surface area is 682 Å². The highest BCUT2D eigenvalue weighted by molar-refractivity contribution is 7.81. The molecule has 0 saturated carbocycles. The van der Waals surface area contributed by atoms with Crippen molar-refractivity contribution in [3.8, 4) is 61.7 Å². The van der Waals surface area contributed by atoms with Crippen molar-refractivity contribution in [2.75, 3.05) is 91.4 Å². The van der Waals surface area contributed by atoms with E-state index in [1.165, 1.54) is 38.3 Å². The van der Waals surface area contributed by atoms with Gasteiger partial charge in [-0.3, -0.25) is 28.4 Å². The number of thiocarbonyl (C=S) groups is 5. The molecule has 576 valence electrons. The van der Waals surface area contributed by atoms with E-state index in [1.54, 1.807) is 13.8 Å². The van der Waals surface area contributed by atoms with Gasteiger partial charge in [-0.2, -0.15) is 0 Å². The molecule has 5 aromatic rings. The molecule has 0 aliphatic rings. The average molecular weight is 1650 g/mol. The minimum absolute atomic E-state index is 0.105. The predicted octanol–water partition coefficient (Wildman–Crippen LogP) is 16.5. The van der Waals surface area contributed by atoms with Crippen molar-refractivity contribution in [3.63, 3.8) is 0 Å². The molecule has 0 aliphatic carbocycles. The maximum absolute atomic E-state index is 11.1. The first-order valence-electron chi connectivity index (χ1n) is 31.6. The summed E-state index contributed by atoms with van der Waals surface area (Å²) < 4.78 is 9.50. The van der Waals surface area contributed by atoms with Gasteiger partial charge in [0, 0.05) is 141 Å². The monoisotopic (exact) mass is 1640 g/mol. The molecule has 0 fully saturated rings. The fourth-order valence-electron chi connectivity index (χ4n) is 6.19. The number of hydrogen-bond acceptors (Lipinski definition) is 12. The average Bonchev–Trinajstić information content (AvgIpc) is 1.15. The smallest absolute Gasteiger partial charge is 0.232 e. The summed E-state index contributed by atoms with van der Waals surface area (Å²) in [5.74, 6) is 10.7. The third kappa shape index (κ3) is 97.3. The molecule has 0 aliphatic heterocycles. The van der Waals surface area contributed by atoms with E-state index in [0.29, 0.717) is 72.0 Å². The quantitative estimate of drug-likeness (QED) is 0.0167. The van der Waals surface area contributed by atoms with Crippen LogP contribution in [0, 0.1) is 61.7 Å². The predicted molar refractivity (Wildman–Crippen MR) is 472 cm³/mol. The van der Waals surface area contributed by atoms with Gasteiger partial charge in [0.05, 0.1) is 39.3 Å². The third-order valence-electron chi connectivity index (χ3n) is 9.95. The molecule has 0 bridgehead atoms. The number of carbonyl (C=O) groups is 5. The van der Waals surface area contributed by atoms with Crippen LogP contribution in [0.5, 0.6) is 0 Å². The van der Waals surface area contributed by atoms with E-state index in [2.05, 4.69) is 126 Å². The lowest BCUT2D eigenvalue weighted by Gasteiger charge is -2.05. The second-order valence-corrected chi connectivity index (χ2v) is 20.3. The first kappa shape index (κ1) is 121. The van der Waals surface area contributed by atoms with E-state index in [-0.39, 0.29) is 74.9 Å². The van der Waals surface area contributed by atoms with Gasteiger partial charge in [0.2, 0.25) is 29.5 Å². The Bertz CT molecular complexity index is 2590. The summed E-state index contributed by atoms with van der Waals surface area (Å²) in [6.07, 6.45) is 37.9. The van der Waals surface area contributed by atoms with Gasteiger partial charge in [-0.15, -0.1) is 102 Å². The minimum atomic E-state index is -0.155. The van der Waals surface area contributed by atoms with Gasteiger partial charge in [0.15, 0.2) is 0 Å². The van der Waals surface area contributed by atoms with E-state index >= 15 is 0 Å². The largest absolute Gasteiger partial charge is 0.397 e. The lowest BCUT2D eigenvalue weighted by Crippen LogP contribution is -2.28. The van der Waals surface area contributed by atoms with Crippen LogP contribution in [0.1, 0.15) is 101 Å². The van der Waals surface area contributed by atoms with Crippen LogP contribution in [0.4, 0.5) is 4.39 Å². The van der Waals surface area contributed by atoms with Gasteiger partial charge in [-0.1, -0.05) is 270 Å². The fourth-order valence-corrected chi connectivity index (χ4v) is 7.39. The SMILES string of the molecule is C#CCC(=O)NCC(=S)Cc1ccccc1.C#CCC(=O)NCC(=S)Cc1ccccc1.C#CCC(=O)NCC(=S)Cc1ccccc1.C#CCC(=O)NCC(=S)Cc1ccccc1.C#CCC(=O)NCC(=S)Cc1ccccc1.CC.CC.CCO.CCO.CCl.CCl.CCl.CCl.CCl.CCl.CF. The van der Waals surface area contributed by atoms with Crippen LogP contribution in [0.2, 0.25) is 0 Å². The maximum atomic E-state index is 11.1. The summed E-state index contributed by atoms with van der Waals surface area (Å²) in [7, 11) is 0.500. The number of carbonyl (C=O) groups excluding carboxylic acids is 5. The lowest BCUT2D eigenvalue weighted by atomic mass is 10.1. The van der Waals surface area contributed by atoms with Gasteiger partial charge < -0.3 is 36.8 Å². The lowest BCUT2D eigenvalue weighted by molar-refractivity contribution is -0.120. The summed E-state index contributed by atoms with van der Waals surface area (Å²) in [6, 6.07) is 49.6. The highest BCUT2D eigenvalue weighted by atomic mass is 35.5. The van der Waals surface area contributed by atoms with Gasteiger partial charge in [0.1, 0.15) is 0 Å². The number of benzene rings is 5. The first-order chi connectivity index (χ1) is 50.4. The van der Waals surface area contributed by atoms with Crippen molar-refractivity contribution in [1.29, 1.82) is 0 Å². The molecule has 0 heterocycles. The molecule has 24 heteroatoms. The topological polar surface area (TPSA) is 186 Å². The number of terminal acetylenes is 5. The molecule has 0 aromatic heterocycles. The highest BCUT2D eigenvalue weighted by Crippen LogP contribution is 2.05. The maximum Gasteiger partial charge on any atom is 0.232 e. The molecular weight excluding hydrogens is 1530 g/mol. The number of halogens is 7. The van der Waals surface area contributed by atoms with Crippen molar-refractivity contribution >= 4 is 185 Å². The van der Waals surface area contributed by atoms with Gasteiger partial charge in [-0.25, -0.2) is 0 Å². The molecular formula is C80H110Cl6FN5O7S5. The van der Waals surface area contributed by atoms with Crippen molar-refractivity contribution < 1.29 is 38.6 Å². The molecule has 0 spiro atoms. The number of nitrogens with one attached hydrogen (secondary N) is 5. The van der Waals surface area contributed by atoms with E-state index in [1.807, 2.05) is 179 Å².